The van der Waals surface area contributed by atoms with Crippen LogP contribution in [-0.2, 0) is 14.3 Å². The average molecular weight is 372 g/mol. The van der Waals surface area contributed by atoms with Crippen LogP contribution in [0.2, 0.25) is 0 Å². The molecule has 1 N–H and O–H groups in total. The number of carbonyl (C=O) groups excluding carboxylic acids is 2. The summed E-state index contributed by atoms with van der Waals surface area (Å²) in [6.45, 7) is 1.35. The Bertz CT molecular complexity index is 822. The Kier molecular flexibility index (Phi) is 6.87. The predicted molar refractivity (Wildman–Crippen MR) is 98.7 cm³/mol. The molecule has 2 aromatic rings. The zero-order chi connectivity index (χ0) is 19.8. The van der Waals surface area contributed by atoms with Crippen LogP contribution in [0.1, 0.15) is 24.8 Å². The quantitative estimate of drug-likeness (QED) is 0.433. The van der Waals surface area contributed by atoms with Gasteiger partial charge in [-0.3, -0.25) is 19.7 Å². The molecule has 1 atom stereocenters. The van der Waals surface area contributed by atoms with Crippen LogP contribution in [0.3, 0.4) is 0 Å². The van der Waals surface area contributed by atoms with Crippen molar-refractivity contribution in [2.45, 2.75) is 19.3 Å². The van der Waals surface area contributed by atoms with Crippen molar-refractivity contribution in [3.8, 4) is 5.75 Å². The van der Waals surface area contributed by atoms with Crippen molar-refractivity contribution in [2.75, 3.05) is 19.0 Å². The molecule has 0 spiro atoms. The van der Waals surface area contributed by atoms with Crippen molar-refractivity contribution in [3.05, 3.63) is 64.2 Å². The highest BCUT2D eigenvalue weighted by Gasteiger charge is 2.21. The van der Waals surface area contributed by atoms with Crippen molar-refractivity contribution in [1.29, 1.82) is 0 Å². The van der Waals surface area contributed by atoms with Gasteiger partial charge in [0.2, 0.25) is 0 Å². The van der Waals surface area contributed by atoms with E-state index in [0.29, 0.717) is 6.42 Å². The van der Waals surface area contributed by atoms with E-state index in [0.717, 1.165) is 5.56 Å². The van der Waals surface area contributed by atoms with Gasteiger partial charge in [0.1, 0.15) is 5.75 Å². The molecular formula is C19H20N2O6. The van der Waals surface area contributed by atoms with Crippen LogP contribution in [0.25, 0.3) is 0 Å². The molecule has 0 bridgehead atoms. The van der Waals surface area contributed by atoms with Gasteiger partial charge in [-0.25, -0.2) is 0 Å². The van der Waals surface area contributed by atoms with Gasteiger partial charge in [0.25, 0.3) is 11.6 Å². The number of nitro groups is 1. The lowest BCUT2D eigenvalue weighted by Crippen LogP contribution is -2.24. The molecule has 1 amide bonds. The first kappa shape index (κ1) is 19.9. The highest BCUT2D eigenvalue weighted by atomic mass is 16.6. The first-order valence-electron chi connectivity index (χ1n) is 8.30. The van der Waals surface area contributed by atoms with Crippen molar-refractivity contribution in [1.82, 2.24) is 0 Å². The molecule has 0 saturated carbocycles. The molecule has 2 aromatic carbocycles. The Morgan fingerprint density at radius 1 is 1.19 bits per heavy atom. The van der Waals surface area contributed by atoms with Gasteiger partial charge in [0.15, 0.2) is 6.61 Å². The summed E-state index contributed by atoms with van der Waals surface area (Å²) in [5, 5.41) is 13.3. The fourth-order valence-corrected chi connectivity index (χ4v) is 2.55. The van der Waals surface area contributed by atoms with E-state index in [-0.39, 0.29) is 17.1 Å². The molecule has 0 aliphatic rings. The Labute approximate surface area is 156 Å². The maximum Gasteiger partial charge on any atom is 0.313 e. The Morgan fingerprint density at radius 2 is 1.89 bits per heavy atom. The molecule has 0 aliphatic heterocycles. The highest BCUT2D eigenvalue weighted by Crippen LogP contribution is 2.28. The topological polar surface area (TPSA) is 108 Å². The summed E-state index contributed by atoms with van der Waals surface area (Å²) in [7, 11) is 1.38. The molecular weight excluding hydrogens is 352 g/mol. The number of esters is 1. The van der Waals surface area contributed by atoms with Gasteiger partial charge in [0, 0.05) is 12.1 Å². The second-order valence-corrected chi connectivity index (χ2v) is 5.67. The van der Waals surface area contributed by atoms with E-state index in [1.807, 2.05) is 37.3 Å². The number of nitrogens with one attached hydrogen (secondary N) is 1. The Morgan fingerprint density at radius 3 is 2.48 bits per heavy atom. The van der Waals surface area contributed by atoms with Gasteiger partial charge in [0.05, 0.1) is 23.6 Å². The maximum absolute atomic E-state index is 12.3. The molecule has 27 heavy (non-hydrogen) atoms. The number of hydrogen-bond donors (Lipinski definition) is 1. The molecule has 8 nitrogen and oxygen atoms in total. The molecule has 2 rings (SSSR count). The van der Waals surface area contributed by atoms with Crippen LogP contribution < -0.4 is 10.1 Å². The normalized spacial score (nSPS) is 11.3. The lowest BCUT2D eigenvalue weighted by atomic mass is 9.97. The van der Waals surface area contributed by atoms with Crippen LogP contribution in [0.4, 0.5) is 11.4 Å². The second kappa shape index (κ2) is 9.33. The number of ether oxygens (including phenoxy) is 2. The molecule has 0 saturated heterocycles. The summed E-state index contributed by atoms with van der Waals surface area (Å²) in [6.07, 6.45) is 0.531. The molecule has 0 radical (unpaired) electrons. The fourth-order valence-electron chi connectivity index (χ4n) is 2.55. The SMILES string of the molecule is CC[C@@H](C(=O)OCC(=O)Nc1cc([N+](=O)[O-])ccc1OC)c1ccccc1. The largest absolute Gasteiger partial charge is 0.495 e. The molecule has 0 aromatic heterocycles. The molecule has 142 valence electrons. The lowest BCUT2D eigenvalue weighted by molar-refractivity contribution is -0.384. The first-order valence-corrected chi connectivity index (χ1v) is 8.30. The number of nitrogens with zero attached hydrogens (tertiary/aromatic N) is 1. The van der Waals surface area contributed by atoms with Gasteiger partial charge in [-0.05, 0) is 18.1 Å². The third-order valence-electron chi connectivity index (χ3n) is 3.91. The molecule has 0 fully saturated rings. The number of anilines is 1. The van der Waals surface area contributed by atoms with Gasteiger partial charge in [-0.1, -0.05) is 37.3 Å². The number of nitro benzene ring substituents is 1. The summed E-state index contributed by atoms with van der Waals surface area (Å²) in [4.78, 5) is 34.7. The fraction of sp³-hybridized carbons (Fsp3) is 0.263. The molecule has 0 aliphatic carbocycles. The van der Waals surface area contributed by atoms with E-state index < -0.39 is 29.3 Å². The highest BCUT2D eigenvalue weighted by molar-refractivity contribution is 5.95. The zero-order valence-electron chi connectivity index (χ0n) is 15.0. The second-order valence-electron chi connectivity index (χ2n) is 5.67. The number of methoxy groups -OCH3 is 1. The minimum atomic E-state index is -0.620. The smallest absolute Gasteiger partial charge is 0.313 e. The van der Waals surface area contributed by atoms with E-state index in [4.69, 9.17) is 9.47 Å². The van der Waals surface area contributed by atoms with E-state index in [9.17, 15) is 19.7 Å². The van der Waals surface area contributed by atoms with Crippen LogP contribution in [0.5, 0.6) is 5.75 Å². The number of hydrogen-bond acceptors (Lipinski definition) is 6. The third-order valence-corrected chi connectivity index (χ3v) is 3.91. The standard InChI is InChI=1S/C19H20N2O6/c1-3-15(13-7-5-4-6-8-13)19(23)27-12-18(22)20-16-11-14(21(24)25)9-10-17(16)26-2/h4-11,15H,3,12H2,1-2H3,(H,20,22)/t15-/m1/s1. The van der Waals surface area contributed by atoms with Crippen LogP contribution in [0.15, 0.2) is 48.5 Å². The van der Waals surface area contributed by atoms with Crippen LogP contribution in [0, 0.1) is 10.1 Å². The van der Waals surface area contributed by atoms with Crippen molar-refractivity contribution < 1.29 is 24.0 Å². The summed E-state index contributed by atoms with van der Waals surface area (Å²) in [6, 6.07) is 13.0. The average Bonchev–Trinajstić information content (AvgIpc) is 2.67. The number of rotatable bonds is 8. The molecule has 8 heteroatoms. The van der Waals surface area contributed by atoms with E-state index in [1.54, 1.807) is 0 Å². The van der Waals surface area contributed by atoms with Gasteiger partial charge in [-0.15, -0.1) is 0 Å². The maximum atomic E-state index is 12.3. The summed E-state index contributed by atoms with van der Waals surface area (Å²) < 4.78 is 10.2. The number of amides is 1. The third kappa shape index (κ3) is 5.27. The minimum Gasteiger partial charge on any atom is -0.495 e. The van der Waals surface area contributed by atoms with Crippen molar-refractivity contribution in [3.63, 3.8) is 0 Å². The number of benzene rings is 2. The van der Waals surface area contributed by atoms with Gasteiger partial charge < -0.3 is 14.8 Å². The zero-order valence-corrected chi connectivity index (χ0v) is 15.0. The summed E-state index contributed by atoms with van der Waals surface area (Å²) >= 11 is 0. The van der Waals surface area contributed by atoms with E-state index >= 15 is 0 Å². The van der Waals surface area contributed by atoms with Gasteiger partial charge in [-0.2, -0.15) is 0 Å². The van der Waals surface area contributed by atoms with E-state index in [1.165, 1.54) is 25.3 Å². The van der Waals surface area contributed by atoms with E-state index in [2.05, 4.69) is 5.32 Å². The summed E-state index contributed by atoms with van der Waals surface area (Å²) in [5.74, 6) is -1.34. The van der Waals surface area contributed by atoms with Crippen molar-refractivity contribution in [2.24, 2.45) is 0 Å². The monoisotopic (exact) mass is 372 g/mol. The van der Waals surface area contributed by atoms with Crippen LogP contribution >= 0.6 is 0 Å². The lowest BCUT2D eigenvalue weighted by Gasteiger charge is -2.15. The first-order chi connectivity index (χ1) is 13.0. The number of non-ortho nitro benzene ring substituents is 1. The van der Waals surface area contributed by atoms with Gasteiger partial charge >= 0.3 is 5.97 Å². The molecule has 0 unspecified atom stereocenters. The minimum absolute atomic E-state index is 0.128. The van der Waals surface area contributed by atoms with Crippen molar-refractivity contribution >= 4 is 23.3 Å². The molecule has 0 heterocycles. The Hall–Kier alpha value is -3.42. The Balaban J connectivity index is 2.00. The predicted octanol–water partition coefficient (Wildman–Crippen LogP) is 3.28. The summed E-state index contributed by atoms with van der Waals surface area (Å²) in [5.41, 5.74) is 0.742. The number of carbonyl (C=O) groups is 2. The van der Waals surface area contributed by atoms with Crippen LogP contribution in [-0.4, -0.2) is 30.5 Å².